The predicted molar refractivity (Wildman–Crippen MR) is 69.0 cm³/mol. The van der Waals surface area contributed by atoms with Crippen LogP contribution in [0.25, 0.3) is 0 Å². The van der Waals surface area contributed by atoms with Gasteiger partial charge < -0.3 is 5.32 Å². The summed E-state index contributed by atoms with van der Waals surface area (Å²) in [6.45, 7) is 0. The normalized spacial score (nSPS) is 22.3. The van der Waals surface area contributed by atoms with Gasteiger partial charge in [-0.05, 0) is 30.7 Å². The molecule has 1 fully saturated rings. The minimum atomic E-state index is -2.91. The average Bonchev–Trinajstić information content (AvgIpc) is 2.60. The Labute approximate surface area is 109 Å². The van der Waals surface area contributed by atoms with E-state index in [1.54, 1.807) is 24.3 Å². The van der Waals surface area contributed by atoms with Crippen LogP contribution in [-0.4, -0.2) is 31.7 Å². The summed E-state index contributed by atoms with van der Waals surface area (Å²) in [6, 6.07) is 6.50. The highest BCUT2D eigenvalue weighted by Crippen LogP contribution is 2.26. The van der Waals surface area contributed by atoms with Gasteiger partial charge in [0.05, 0.1) is 11.5 Å². The molecule has 1 unspecified atom stereocenters. The zero-order valence-corrected chi connectivity index (χ0v) is 11.1. The molecule has 0 aliphatic carbocycles. The van der Waals surface area contributed by atoms with E-state index in [9.17, 15) is 17.2 Å². The molecule has 1 aromatic rings. The zero-order chi connectivity index (χ0) is 13.2. The van der Waals surface area contributed by atoms with E-state index < -0.39 is 15.6 Å². The number of benzene rings is 1. The molecule has 1 heterocycles. The number of anilines is 1. The van der Waals surface area contributed by atoms with Gasteiger partial charge in [0.15, 0.2) is 9.84 Å². The molecule has 100 valence electrons. The summed E-state index contributed by atoms with van der Waals surface area (Å²) >= 11 is 0.493. The molecule has 0 saturated carbocycles. The van der Waals surface area contributed by atoms with E-state index in [2.05, 4.69) is 5.32 Å². The Morgan fingerprint density at radius 3 is 2.44 bits per heavy atom. The van der Waals surface area contributed by atoms with E-state index in [4.69, 9.17) is 0 Å². The summed E-state index contributed by atoms with van der Waals surface area (Å²) in [5.41, 5.74) is 0.760. The van der Waals surface area contributed by atoms with Gasteiger partial charge in [0.25, 0.3) is 5.76 Å². The smallest absolute Gasteiger partial charge is 0.288 e. The van der Waals surface area contributed by atoms with Crippen LogP contribution in [-0.2, 0) is 9.84 Å². The number of hydrogen-bond donors (Lipinski definition) is 1. The lowest BCUT2D eigenvalue weighted by Crippen LogP contribution is -2.20. The second kappa shape index (κ2) is 5.44. The second-order valence-electron chi connectivity index (χ2n) is 4.15. The van der Waals surface area contributed by atoms with Gasteiger partial charge in [0, 0.05) is 16.6 Å². The Balaban J connectivity index is 1.95. The van der Waals surface area contributed by atoms with Crippen molar-refractivity contribution in [3.8, 4) is 0 Å². The fourth-order valence-electron chi connectivity index (χ4n) is 1.88. The van der Waals surface area contributed by atoms with E-state index in [1.807, 2.05) is 0 Å². The first-order chi connectivity index (χ1) is 8.44. The maximum absolute atomic E-state index is 12.1. The minimum absolute atomic E-state index is 0.0800. The van der Waals surface area contributed by atoms with Crippen molar-refractivity contribution < 1.29 is 17.2 Å². The van der Waals surface area contributed by atoms with Gasteiger partial charge in [-0.2, -0.15) is 8.78 Å². The van der Waals surface area contributed by atoms with Crippen LogP contribution < -0.4 is 5.32 Å². The minimum Gasteiger partial charge on any atom is -0.381 e. The Morgan fingerprint density at radius 2 is 1.94 bits per heavy atom. The van der Waals surface area contributed by atoms with Gasteiger partial charge in [0.1, 0.15) is 0 Å². The first-order valence-electron chi connectivity index (χ1n) is 5.46. The van der Waals surface area contributed by atoms with Gasteiger partial charge in [-0.15, -0.1) is 0 Å². The third kappa shape index (κ3) is 3.84. The second-order valence-corrected chi connectivity index (χ2v) is 7.44. The van der Waals surface area contributed by atoms with Crippen molar-refractivity contribution in [3.05, 3.63) is 24.3 Å². The highest BCUT2D eigenvalue weighted by Gasteiger charge is 2.27. The molecule has 0 aromatic heterocycles. The molecular formula is C11H13F2NO2S2. The topological polar surface area (TPSA) is 46.2 Å². The van der Waals surface area contributed by atoms with Gasteiger partial charge in [-0.25, -0.2) is 8.42 Å². The summed E-state index contributed by atoms with van der Waals surface area (Å²) in [6.07, 6.45) is 0.593. The highest BCUT2D eigenvalue weighted by atomic mass is 32.2. The Morgan fingerprint density at radius 1 is 1.28 bits per heavy atom. The van der Waals surface area contributed by atoms with Crippen LogP contribution in [0.5, 0.6) is 0 Å². The fourth-order valence-corrected chi connectivity index (χ4v) is 4.05. The molecule has 0 bridgehead atoms. The molecule has 1 N–H and O–H groups in total. The van der Waals surface area contributed by atoms with Gasteiger partial charge in [0.2, 0.25) is 0 Å². The summed E-state index contributed by atoms with van der Waals surface area (Å²) in [4.78, 5) is 0.495. The molecule has 1 atom stereocenters. The lowest BCUT2D eigenvalue weighted by atomic mass is 10.2. The Kier molecular flexibility index (Phi) is 4.11. The van der Waals surface area contributed by atoms with Crippen LogP contribution in [0.15, 0.2) is 29.2 Å². The first kappa shape index (κ1) is 13.6. The van der Waals surface area contributed by atoms with Crippen molar-refractivity contribution >= 4 is 27.3 Å². The van der Waals surface area contributed by atoms with Gasteiger partial charge in [-0.1, -0.05) is 11.8 Å². The molecule has 0 amide bonds. The van der Waals surface area contributed by atoms with Crippen LogP contribution in [0.1, 0.15) is 6.42 Å². The molecule has 0 radical (unpaired) electrons. The van der Waals surface area contributed by atoms with Crippen LogP contribution in [0, 0.1) is 0 Å². The van der Waals surface area contributed by atoms with Crippen LogP contribution in [0.4, 0.5) is 14.5 Å². The molecule has 18 heavy (non-hydrogen) atoms. The number of alkyl halides is 2. The average molecular weight is 293 g/mol. The number of rotatable bonds is 4. The summed E-state index contributed by atoms with van der Waals surface area (Å²) in [5.74, 6) is -2.08. The van der Waals surface area contributed by atoms with E-state index in [1.165, 1.54) is 0 Å². The molecule has 2 rings (SSSR count). The lowest BCUT2D eigenvalue weighted by molar-refractivity contribution is 0.252. The third-order valence-electron chi connectivity index (χ3n) is 2.68. The van der Waals surface area contributed by atoms with E-state index in [0.29, 0.717) is 23.1 Å². The van der Waals surface area contributed by atoms with Crippen molar-refractivity contribution in [1.82, 2.24) is 0 Å². The van der Waals surface area contributed by atoms with Crippen LogP contribution in [0.3, 0.4) is 0 Å². The van der Waals surface area contributed by atoms with Crippen LogP contribution in [0.2, 0.25) is 0 Å². The molecule has 1 saturated heterocycles. The van der Waals surface area contributed by atoms with Gasteiger partial charge in [-0.3, -0.25) is 0 Å². The third-order valence-corrected chi connectivity index (χ3v) is 5.17. The standard InChI is InChI=1S/C11H13F2NO2S2/c12-11(13)17-10-3-1-8(2-4-10)14-9-5-6-18(15,16)7-9/h1-4,9,11,14H,5-7H2. The van der Waals surface area contributed by atoms with E-state index in [-0.39, 0.29) is 17.5 Å². The molecule has 1 aliphatic rings. The predicted octanol–water partition coefficient (Wildman–Crippen LogP) is 2.60. The van der Waals surface area contributed by atoms with Crippen molar-refractivity contribution in [2.24, 2.45) is 0 Å². The van der Waals surface area contributed by atoms with Crippen LogP contribution >= 0.6 is 11.8 Å². The number of sulfone groups is 1. The quantitative estimate of drug-likeness (QED) is 0.867. The molecular weight excluding hydrogens is 280 g/mol. The lowest BCUT2D eigenvalue weighted by Gasteiger charge is -2.12. The summed E-state index contributed by atoms with van der Waals surface area (Å²) in [5, 5.41) is 3.10. The van der Waals surface area contributed by atoms with Crippen molar-refractivity contribution in [2.45, 2.75) is 23.1 Å². The monoisotopic (exact) mass is 293 g/mol. The zero-order valence-electron chi connectivity index (χ0n) is 9.47. The molecule has 7 heteroatoms. The maximum Gasteiger partial charge on any atom is 0.288 e. The first-order valence-corrected chi connectivity index (χ1v) is 8.16. The molecule has 1 aromatic carbocycles. The summed E-state index contributed by atoms with van der Waals surface area (Å²) < 4.78 is 46.8. The largest absolute Gasteiger partial charge is 0.381 e. The number of hydrogen-bond acceptors (Lipinski definition) is 4. The molecule has 0 spiro atoms. The van der Waals surface area contributed by atoms with E-state index in [0.717, 1.165) is 5.69 Å². The van der Waals surface area contributed by atoms with E-state index >= 15 is 0 Å². The van der Waals surface area contributed by atoms with Crippen molar-refractivity contribution in [2.75, 3.05) is 16.8 Å². The number of nitrogens with one attached hydrogen (secondary N) is 1. The fraction of sp³-hybridized carbons (Fsp3) is 0.455. The van der Waals surface area contributed by atoms with Crippen molar-refractivity contribution in [1.29, 1.82) is 0 Å². The number of thioether (sulfide) groups is 1. The SMILES string of the molecule is O=S1(=O)CCC(Nc2ccc(SC(F)F)cc2)C1. The van der Waals surface area contributed by atoms with Gasteiger partial charge >= 0.3 is 0 Å². The summed E-state index contributed by atoms with van der Waals surface area (Å²) in [7, 11) is -2.91. The highest BCUT2D eigenvalue weighted by molar-refractivity contribution is 7.99. The molecule has 1 aliphatic heterocycles. The number of halogens is 2. The Hall–Kier alpha value is -0.820. The maximum atomic E-state index is 12.1. The molecule has 3 nitrogen and oxygen atoms in total. The Bertz CT molecular complexity index is 502. The van der Waals surface area contributed by atoms with Crippen molar-refractivity contribution in [3.63, 3.8) is 0 Å².